The molecule has 190 valence electrons. The zero-order chi connectivity index (χ0) is 26.3. The van der Waals surface area contributed by atoms with E-state index in [1.54, 1.807) is 6.07 Å². The minimum absolute atomic E-state index is 0.0591. The molecule has 0 unspecified atom stereocenters. The number of aliphatic hydroxyl groups is 1. The van der Waals surface area contributed by atoms with Crippen molar-refractivity contribution in [2.24, 2.45) is 0 Å². The number of aliphatic hydroxyl groups excluding tert-OH is 1. The Kier molecular flexibility index (Phi) is 8.65. The lowest BCUT2D eigenvalue weighted by Crippen LogP contribution is -2.09. The Labute approximate surface area is 205 Å². The molecule has 2 aromatic carbocycles. The standard InChI is InChI=1S/C26H24F3NO6/c1-34-23-12-8-19(30-25(23)16-3-6-18(7-4-16)26(27,28)29)21(33)10-9-20(32)17-5-11-22(36-14-13-31)24(15-17)35-2/h3-8,11-12,15,31H,9-10,13-14H2,1-2H3. The molecule has 0 aliphatic carbocycles. The summed E-state index contributed by atoms with van der Waals surface area (Å²) < 4.78 is 54.5. The molecule has 3 rings (SSSR count). The van der Waals surface area contributed by atoms with Crippen LogP contribution >= 0.6 is 0 Å². The lowest BCUT2D eigenvalue weighted by atomic mass is 10.0. The van der Waals surface area contributed by atoms with Crippen molar-refractivity contribution in [1.82, 2.24) is 4.98 Å². The van der Waals surface area contributed by atoms with Crippen molar-refractivity contribution in [2.75, 3.05) is 27.4 Å². The smallest absolute Gasteiger partial charge is 0.416 e. The van der Waals surface area contributed by atoms with E-state index in [-0.39, 0.29) is 49.0 Å². The van der Waals surface area contributed by atoms with E-state index in [1.807, 2.05) is 0 Å². The number of rotatable bonds is 11. The highest BCUT2D eigenvalue weighted by atomic mass is 19.4. The molecule has 0 bridgehead atoms. The van der Waals surface area contributed by atoms with Gasteiger partial charge in [-0.15, -0.1) is 0 Å². The van der Waals surface area contributed by atoms with Gasteiger partial charge in [0.15, 0.2) is 23.1 Å². The summed E-state index contributed by atoms with van der Waals surface area (Å²) in [7, 11) is 2.81. The molecule has 0 radical (unpaired) electrons. The molecule has 1 heterocycles. The third-order valence-corrected chi connectivity index (χ3v) is 5.26. The fraction of sp³-hybridized carbons (Fsp3) is 0.269. The Morgan fingerprint density at radius 3 is 2.11 bits per heavy atom. The highest BCUT2D eigenvalue weighted by Crippen LogP contribution is 2.33. The Hall–Kier alpha value is -3.92. The fourth-order valence-electron chi connectivity index (χ4n) is 3.41. The van der Waals surface area contributed by atoms with Gasteiger partial charge in [-0.1, -0.05) is 12.1 Å². The number of ether oxygens (including phenoxy) is 3. The first-order chi connectivity index (χ1) is 17.2. The van der Waals surface area contributed by atoms with Gasteiger partial charge in [-0.05, 0) is 42.5 Å². The summed E-state index contributed by atoms with van der Waals surface area (Å²) >= 11 is 0. The Bertz CT molecular complexity index is 1230. The van der Waals surface area contributed by atoms with Gasteiger partial charge < -0.3 is 19.3 Å². The van der Waals surface area contributed by atoms with Crippen molar-refractivity contribution in [3.05, 3.63) is 71.4 Å². The number of Topliss-reactive ketones (excluding diaryl/α,β-unsaturated/α-hetero) is 2. The normalized spacial score (nSPS) is 11.2. The lowest BCUT2D eigenvalue weighted by molar-refractivity contribution is -0.137. The Morgan fingerprint density at radius 2 is 1.50 bits per heavy atom. The molecule has 0 saturated heterocycles. The molecule has 0 amide bonds. The molecule has 36 heavy (non-hydrogen) atoms. The average molecular weight is 503 g/mol. The zero-order valence-electron chi connectivity index (χ0n) is 19.6. The second kappa shape index (κ2) is 11.7. The van der Waals surface area contributed by atoms with Gasteiger partial charge in [0.1, 0.15) is 23.7 Å². The van der Waals surface area contributed by atoms with Gasteiger partial charge in [0.2, 0.25) is 0 Å². The number of carbonyl (C=O) groups is 2. The molecule has 0 aliphatic rings. The van der Waals surface area contributed by atoms with Crippen LogP contribution in [-0.4, -0.2) is 49.1 Å². The molecule has 0 spiro atoms. The molecule has 3 aromatic rings. The number of alkyl halides is 3. The molecule has 1 aromatic heterocycles. The fourth-order valence-corrected chi connectivity index (χ4v) is 3.41. The molecule has 0 fully saturated rings. The largest absolute Gasteiger partial charge is 0.494 e. The third-order valence-electron chi connectivity index (χ3n) is 5.26. The lowest BCUT2D eigenvalue weighted by Gasteiger charge is -2.12. The molecule has 0 saturated carbocycles. The van der Waals surface area contributed by atoms with Crippen LogP contribution in [0, 0.1) is 0 Å². The van der Waals surface area contributed by atoms with Crippen LogP contribution < -0.4 is 14.2 Å². The predicted molar refractivity (Wildman–Crippen MR) is 125 cm³/mol. The second-order valence-corrected chi connectivity index (χ2v) is 7.61. The number of hydrogen-bond donors (Lipinski definition) is 1. The highest BCUT2D eigenvalue weighted by Gasteiger charge is 2.30. The van der Waals surface area contributed by atoms with Gasteiger partial charge in [-0.25, -0.2) is 4.98 Å². The second-order valence-electron chi connectivity index (χ2n) is 7.61. The molecule has 0 atom stereocenters. The van der Waals surface area contributed by atoms with E-state index in [0.717, 1.165) is 12.1 Å². The van der Waals surface area contributed by atoms with Crippen LogP contribution in [0.15, 0.2) is 54.6 Å². The Morgan fingerprint density at radius 1 is 0.861 bits per heavy atom. The van der Waals surface area contributed by atoms with E-state index in [2.05, 4.69) is 4.98 Å². The maximum absolute atomic E-state index is 12.9. The van der Waals surface area contributed by atoms with Crippen molar-refractivity contribution >= 4 is 11.6 Å². The van der Waals surface area contributed by atoms with E-state index in [4.69, 9.17) is 19.3 Å². The van der Waals surface area contributed by atoms with Crippen LogP contribution in [0.2, 0.25) is 0 Å². The molecular formula is C26H24F3NO6. The van der Waals surface area contributed by atoms with Crippen molar-refractivity contribution in [3.8, 4) is 28.5 Å². The number of carbonyl (C=O) groups excluding carboxylic acids is 2. The summed E-state index contributed by atoms with van der Waals surface area (Å²) in [5.74, 6) is 0.273. The number of aromatic nitrogens is 1. The van der Waals surface area contributed by atoms with Crippen LogP contribution in [0.3, 0.4) is 0 Å². The topological polar surface area (TPSA) is 95.0 Å². The van der Waals surface area contributed by atoms with E-state index in [0.29, 0.717) is 22.6 Å². The zero-order valence-corrected chi connectivity index (χ0v) is 19.6. The van der Waals surface area contributed by atoms with Crippen LogP contribution in [0.5, 0.6) is 17.2 Å². The number of hydrogen-bond acceptors (Lipinski definition) is 7. The number of halogens is 3. The minimum Gasteiger partial charge on any atom is -0.494 e. The first-order valence-corrected chi connectivity index (χ1v) is 10.9. The quantitative estimate of drug-likeness (QED) is 0.368. The number of ketones is 2. The predicted octanol–water partition coefficient (Wildman–Crippen LogP) is 5.00. The van der Waals surface area contributed by atoms with E-state index >= 15 is 0 Å². The monoisotopic (exact) mass is 503 g/mol. The molecule has 10 heteroatoms. The first kappa shape index (κ1) is 26.7. The first-order valence-electron chi connectivity index (χ1n) is 10.9. The van der Waals surface area contributed by atoms with Crippen molar-refractivity contribution in [2.45, 2.75) is 19.0 Å². The third kappa shape index (κ3) is 6.39. The number of methoxy groups -OCH3 is 2. The SMILES string of the molecule is COc1cc(C(=O)CCC(=O)c2ccc(OC)c(-c3ccc(C(F)(F)F)cc3)n2)ccc1OCCO. The van der Waals surface area contributed by atoms with Crippen molar-refractivity contribution in [1.29, 1.82) is 0 Å². The van der Waals surface area contributed by atoms with Gasteiger partial charge in [-0.3, -0.25) is 9.59 Å². The van der Waals surface area contributed by atoms with Gasteiger partial charge in [0.05, 0.1) is 26.4 Å². The molecule has 0 aliphatic heterocycles. The van der Waals surface area contributed by atoms with Crippen LogP contribution in [0.25, 0.3) is 11.3 Å². The molecular weight excluding hydrogens is 479 g/mol. The summed E-state index contributed by atoms with van der Waals surface area (Å²) in [4.78, 5) is 29.7. The van der Waals surface area contributed by atoms with E-state index in [1.165, 1.54) is 50.6 Å². The summed E-state index contributed by atoms with van der Waals surface area (Å²) in [5.41, 5.74) is 0.140. The van der Waals surface area contributed by atoms with Crippen molar-refractivity contribution in [3.63, 3.8) is 0 Å². The van der Waals surface area contributed by atoms with Gasteiger partial charge >= 0.3 is 6.18 Å². The molecule has 7 nitrogen and oxygen atoms in total. The maximum atomic E-state index is 12.9. The molecule has 1 N–H and O–H groups in total. The summed E-state index contributed by atoms with van der Waals surface area (Å²) in [6.07, 6.45) is -4.70. The number of nitrogens with zero attached hydrogens (tertiary/aromatic N) is 1. The van der Waals surface area contributed by atoms with Crippen LogP contribution in [0.1, 0.15) is 39.3 Å². The Balaban J connectivity index is 1.74. The van der Waals surface area contributed by atoms with E-state index in [9.17, 15) is 22.8 Å². The summed E-state index contributed by atoms with van der Waals surface area (Å²) in [6, 6.07) is 11.9. The number of benzene rings is 2. The van der Waals surface area contributed by atoms with Crippen LogP contribution in [0.4, 0.5) is 13.2 Å². The summed E-state index contributed by atoms with van der Waals surface area (Å²) in [6.45, 7) is -0.104. The van der Waals surface area contributed by atoms with Gasteiger partial charge in [0, 0.05) is 24.0 Å². The van der Waals surface area contributed by atoms with E-state index < -0.39 is 17.5 Å². The minimum atomic E-state index is -4.48. The van der Waals surface area contributed by atoms with Gasteiger partial charge in [0.25, 0.3) is 0 Å². The van der Waals surface area contributed by atoms with Crippen molar-refractivity contribution < 1.29 is 42.1 Å². The average Bonchev–Trinajstić information content (AvgIpc) is 2.89. The highest BCUT2D eigenvalue weighted by molar-refractivity contribution is 6.02. The summed E-state index contributed by atoms with van der Waals surface area (Å²) in [5, 5.41) is 8.90. The van der Waals surface area contributed by atoms with Gasteiger partial charge in [-0.2, -0.15) is 13.2 Å². The maximum Gasteiger partial charge on any atom is 0.416 e. The van der Waals surface area contributed by atoms with Crippen LogP contribution in [-0.2, 0) is 6.18 Å². The number of pyridine rings is 1.